The number of β-amino-alcohol motifs (C(OH)–C–C–N with tert-alkyl or cyclic N) is 1. The highest BCUT2D eigenvalue weighted by atomic mass is 35.5. The maximum atomic E-state index is 12.6. The Labute approximate surface area is 187 Å². The van der Waals surface area contributed by atoms with E-state index in [2.05, 4.69) is 19.9 Å². The third kappa shape index (κ3) is 4.41. The van der Waals surface area contributed by atoms with Crippen molar-refractivity contribution < 1.29 is 9.84 Å². The summed E-state index contributed by atoms with van der Waals surface area (Å²) in [6.45, 7) is 2.53. The van der Waals surface area contributed by atoms with E-state index in [1.54, 1.807) is 36.2 Å². The van der Waals surface area contributed by atoms with Crippen LogP contribution in [0.4, 0.5) is 5.95 Å². The van der Waals surface area contributed by atoms with Gasteiger partial charge < -0.3 is 19.7 Å². The van der Waals surface area contributed by atoms with Crippen LogP contribution in [0.25, 0.3) is 5.57 Å². The average molecular weight is 457 g/mol. The van der Waals surface area contributed by atoms with Crippen molar-refractivity contribution in [3.63, 3.8) is 0 Å². The van der Waals surface area contributed by atoms with E-state index in [1.165, 1.54) is 17.7 Å². The van der Waals surface area contributed by atoms with Gasteiger partial charge in [0.25, 0.3) is 0 Å². The molecular weight excluding hydrogens is 436 g/mol. The molecule has 4 heterocycles. The summed E-state index contributed by atoms with van der Waals surface area (Å²) in [4.78, 5) is 41.1. The Balaban J connectivity index is 1.57. The number of pyridine rings is 2. The first kappa shape index (κ1) is 21.7. The summed E-state index contributed by atoms with van der Waals surface area (Å²) in [5.41, 5.74) is 1.27. The molecule has 0 aromatic carbocycles. The second-order valence-electron chi connectivity index (χ2n) is 7.27. The highest BCUT2D eigenvalue weighted by Crippen LogP contribution is 2.28. The Bertz CT molecular complexity index is 1280. The Morgan fingerprint density at radius 1 is 1.22 bits per heavy atom. The lowest BCUT2D eigenvalue weighted by molar-refractivity contribution is 0.233. The summed E-state index contributed by atoms with van der Waals surface area (Å²) in [5, 5.41) is 11.1. The Morgan fingerprint density at radius 2 is 2.03 bits per heavy atom. The van der Waals surface area contributed by atoms with Gasteiger partial charge in [-0.2, -0.15) is 9.97 Å². The lowest BCUT2D eigenvalue weighted by Gasteiger charge is -2.30. The van der Waals surface area contributed by atoms with Gasteiger partial charge in [0, 0.05) is 24.4 Å². The highest BCUT2D eigenvalue weighted by Gasteiger charge is 2.25. The number of nitrogens with zero attached hydrogens (tertiary/aromatic N) is 5. The average Bonchev–Trinajstić information content (AvgIpc) is 2.78. The zero-order valence-corrected chi connectivity index (χ0v) is 18.2. The van der Waals surface area contributed by atoms with Gasteiger partial charge in [-0.05, 0) is 24.6 Å². The largest absolute Gasteiger partial charge is 0.480 e. The molecule has 0 amide bonds. The van der Waals surface area contributed by atoms with Crippen molar-refractivity contribution in [1.29, 1.82) is 0 Å². The number of halogens is 1. The summed E-state index contributed by atoms with van der Waals surface area (Å²) in [6, 6.07) is 6.42. The molecule has 2 N–H and O–H groups in total. The molecule has 3 aromatic heterocycles. The van der Waals surface area contributed by atoms with E-state index in [0.717, 1.165) is 5.56 Å². The predicted octanol–water partition coefficient (Wildman–Crippen LogP) is 1.00. The molecule has 4 rings (SSSR count). The molecule has 1 aliphatic heterocycles. The maximum absolute atomic E-state index is 12.6. The second kappa shape index (κ2) is 8.93. The lowest BCUT2D eigenvalue weighted by atomic mass is 10.0. The summed E-state index contributed by atoms with van der Waals surface area (Å²) in [5.74, 6) is 0.991. The summed E-state index contributed by atoms with van der Waals surface area (Å²) in [6.07, 6.45) is 2.50. The molecule has 32 heavy (non-hydrogen) atoms. The predicted molar refractivity (Wildman–Crippen MR) is 119 cm³/mol. The van der Waals surface area contributed by atoms with Crippen molar-refractivity contribution in [2.24, 2.45) is 0 Å². The molecule has 10 nitrogen and oxygen atoms in total. The smallest absolute Gasteiger partial charge is 0.352 e. The molecule has 0 fully saturated rings. The molecule has 0 spiro atoms. The number of aromatic nitrogens is 5. The summed E-state index contributed by atoms with van der Waals surface area (Å²) in [7, 11) is 1.48. The van der Waals surface area contributed by atoms with Crippen LogP contribution in [0.5, 0.6) is 5.88 Å². The maximum Gasteiger partial charge on any atom is 0.352 e. The van der Waals surface area contributed by atoms with Crippen molar-refractivity contribution in [1.82, 2.24) is 24.5 Å². The molecule has 0 aliphatic carbocycles. The van der Waals surface area contributed by atoms with E-state index in [0.29, 0.717) is 28.7 Å². The van der Waals surface area contributed by atoms with Crippen LogP contribution >= 0.6 is 11.6 Å². The topological polar surface area (TPSA) is 126 Å². The van der Waals surface area contributed by atoms with E-state index in [9.17, 15) is 14.7 Å². The highest BCUT2D eigenvalue weighted by molar-refractivity contribution is 6.31. The Kier molecular flexibility index (Phi) is 6.06. The molecule has 1 aliphatic rings. The van der Waals surface area contributed by atoms with Gasteiger partial charge in [-0.3, -0.25) is 9.36 Å². The fourth-order valence-corrected chi connectivity index (χ4v) is 3.64. The van der Waals surface area contributed by atoms with Crippen LogP contribution in [-0.2, 0) is 6.54 Å². The molecule has 0 saturated carbocycles. The number of hydrogen-bond acceptors (Lipinski definition) is 8. The molecule has 0 saturated heterocycles. The van der Waals surface area contributed by atoms with Crippen molar-refractivity contribution in [2.45, 2.75) is 19.6 Å². The van der Waals surface area contributed by atoms with Crippen molar-refractivity contribution in [3.8, 4) is 5.88 Å². The normalized spacial score (nSPS) is 16.1. The molecular formula is C21H21ClN6O4. The summed E-state index contributed by atoms with van der Waals surface area (Å²) >= 11 is 6.03. The van der Waals surface area contributed by atoms with E-state index in [4.69, 9.17) is 16.3 Å². The molecule has 11 heteroatoms. The Morgan fingerprint density at radius 3 is 2.69 bits per heavy atom. The number of hydrogen-bond donors (Lipinski definition) is 2. The molecule has 3 aromatic rings. The first-order chi connectivity index (χ1) is 15.4. The molecule has 0 unspecified atom stereocenters. The lowest BCUT2D eigenvalue weighted by Crippen LogP contribution is -2.40. The van der Waals surface area contributed by atoms with Crippen LogP contribution in [0, 0.1) is 6.92 Å². The molecule has 166 valence electrons. The van der Waals surface area contributed by atoms with Gasteiger partial charge in [0.2, 0.25) is 17.4 Å². The van der Waals surface area contributed by atoms with Crippen LogP contribution in [0.2, 0.25) is 5.02 Å². The monoisotopic (exact) mass is 456 g/mol. The number of H-pyrrole nitrogens is 1. The third-order valence-corrected chi connectivity index (χ3v) is 5.43. The number of anilines is 1. The van der Waals surface area contributed by atoms with Crippen molar-refractivity contribution >= 4 is 23.1 Å². The van der Waals surface area contributed by atoms with Gasteiger partial charge in [-0.1, -0.05) is 23.7 Å². The molecule has 0 bridgehead atoms. The molecule has 0 radical (unpaired) electrons. The van der Waals surface area contributed by atoms with Crippen LogP contribution in [-0.4, -0.2) is 55.9 Å². The fourth-order valence-electron chi connectivity index (χ4n) is 3.45. The number of rotatable bonds is 5. The van der Waals surface area contributed by atoms with Gasteiger partial charge in [0.1, 0.15) is 10.8 Å². The van der Waals surface area contributed by atoms with Crippen LogP contribution < -0.4 is 20.9 Å². The van der Waals surface area contributed by atoms with Gasteiger partial charge >= 0.3 is 5.69 Å². The van der Waals surface area contributed by atoms with Crippen LogP contribution in [0.15, 0.2) is 46.1 Å². The molecule has 1 atom stereocenters. The number of nitrogens with one attached hydrogen (secondary N) is 1. The number of aliphatic hydroxyl groups is 1. The fraction of sp³-hybridized carbons (Fsp3) is 0.286. The van der Waals surface area contributed by atoms with Gasteiger partial charge in [0.05, 0.1) is 32.0 Å². The SMILES string of the molecule is COc1nc(C2=CCN(c3nc(C)n(Cc4ccc(=O)[nH]c4)c(=O)n3)C[C@@H]2O)ccc1Cl. The van der Waals surface area contributed by atoms with Gasteiger partial charge in [0.15, 0.2) is 0 Å². The zero-order valence-electron chi connectivity index (χ0n) is 17.4. The first-order valence-corrected chi connectivity index (χ1v) is 10.2. The minimum Gasteiger partial charge on any atom is -0.480 e. The second-order valence-corrected chi connectivity index (χ2v) is 7.68. The van der Waals surface area contributed by atoms with E-state index < -0.39 is 11.8 Å². The Hall–Kier alpha value is -3.50. The van der Waals surface area contributed by atoms with Gasteiger partial charge in [-0.15, -0.1) is 0 Å². The van der Waals surface area contributed by atoms with Crippen molar-refractivity contribution in [2.75, 3.05) is 25.1 Å². The number of aromatic amines is 1. The minimum absolute atomic E-state index is 0.196. The standard InChI is InChI=1S/C21H21ClN6O4/c1-12-24-20(26-21(31)28(12)10-13-3-6-18(30)23-9-13)27-8-7-14(17(29)11-27)16-5-4-15(22)19(25-16)32-2/h3-7,9,17,29H,8,10-11H2,1-2H3,(H,23,30)/t17-/m0/s1. The number of methoxy groups -OCH3 is 1. The first-order valence-electron chi connectivity index (χ1n) is 9.83. The van der Waals surface area contributed by atoms with E-state index in [-0.39, 0.29) is 30.5 Å². The number of aliphatic hydroxyl groups excluding tert-OH is 1. The van der Waals surface area contributed by atoms with Crippen molar-refractivity contribution in [3.05, 3.63) is 79.5 Å². The van der Waals surface area contributed by atoms with E-state index >= 15 is 0 Å². The van der Waals surface area contributed by atoms with E-state index in [1.807, 2.05) is 6.08 Å². The quantitative estimate of drug-likeness (QED) is 0.582. The third-order valence-electron chi connectivity index (χ3n) is 5.14. The van der Waals surface area contributed by atoms with Gasteiger partial charge in [-0.25, -0.2) is 9.78 Å². The minimum atomic E-state index is -0.866. The number of ether oxygens (including phenoxy) is 1. The summed E-state index contributed by atoms with van der Waals surface area (Å²) < 4.78 is 6.57. The number of aryl methyl sites for hydroxylation is 1. The van der Waals surface area contributed by atoms with Crippen LogP contribution in [0.3, 0.4) is 0 Å². The van der Waals surface area contributed by atoms with Crippen LogP contribution in [0.1, 0.15) is 17.1 Å². The zero-order chi connectivity index (χ0) is 22.8.